The zero-order chi connectivity index (χ0) is 10.5. The van der Waals surface area contributed by atoms with E-state index < -0.39 is 0 Å². The molecule has 0 fully saturated rings. The summed E-state index contributed by atoms with van der Waals surface area (Å²) in [7, 11) is 0. The fourth-order valence-electron chi connectivity index (χ4n) is 1.03. The van der Waals surface area contributed by atoms with Crippen molar-refractivity contribution >= 4 is 0 Å². The molecule has 0 aromatic carbocycles. The maximum atomic E-state index is 5.14. The Labute approximate surface area is 88.1 Å². The number of hydrogen-bond acceptors (Lipinski definition) is 0. The van der Waals surface area contributed by atoms with E-state index in [-0.39, 0.29) is 0 Å². The molecule has 0 spiro atoms. The van der Waals surface area contributed by atoms with E-state index in [2.05, 4.69) is 29.7 Å². The first-order chi connectivity index (χ1) is 6.91. The minimum absolute atomic E-state index is 0.861. The molecule has 0 radical (unpaired) electrons. The Hall–Kier alpha value is -1.36. The molecule has 0 aromatic heterocycles. The molecule has 14 heavy (non-hydrogen) atoms. The topological polar surface area (TPSA) is 0 Å². The molecular formula is C14H18. The van der Waals surface area contributed by atoms with Crippen LogP contribution in [0, 0.1) is 24.7 Å². The molecule has 0 amide bonds. The Balaban J connectivity index is 3.26. The highest BCUT2D eigenvalue weighted by atomic mass is 13.9. The van der Waals surface area contributed by atoms with Crippen LogP contribution in [0.3, 0.4) is 0 Å². The van der Waals surface area contributed by atoms with E-state index >= 15 is 0 Å². The van der Waals surface area contributed by atoms with E-state index in [0.29, 0.717) is 0 Å². The second-order valence-corrected chi connectivity index (χ2v) is 3.12. The van der Waals surface area contributed by atoms with Crippen LogP contribution in [0.2, 0.25) is 0 Å². The average Bonchev–Trinajstić information content (AvgIpc) is 2.21. The highest BCUT2D eigenvalue weighted by Gasteiger charge is 1.81. The molecular weight excluding hydrogens is 168 g/mol. The maximum absolute atomic E-state index is 5.14. The molecule has 0 heterocycles. The first-order valence-electron chi connectivity index (χ1n) is 5.18. The molecule has 0 aromatic rings. The second kappa shape index (κ2) is 11.6. The predicted molar refractivity (Wildman–Crippen MR) is 62.6 cm³/mol. The van der Waals surface area contributed by atoms with Crippen molar-refractivity contribution in [3.63, 3.8) is 0 Å². The van der Waals surface area contributed by atoms with Crippen molar-refractivity contribution in [3.05, 3.63) is 17.9 Å². The van der Waals surface area contributed by atoms with Gasteiger partial charge in [0.25, 0.3) is 0 Å². The summed E-state index contributed by atoms with van der Waals surface area (Å²) < 4.78 is 0. The van der Waals surface area contributed by atoms with Crippen LogP contribution in [0.25, 0.3) is 0 Å². The molecule has 0 saturated carbocycles. The molecule has 0 bridgehead atoms. The highest BCUT2D eigenvalue weighted by molar-refractivity contribution is 4.88. The van der Waals surface area contributed by atoms with Gasteiger partial charge in [-0.2, -0.15) is 0 Å². The summed E-state index contributed by atoms with van der Waals surface area (Å²) in [5.74, 6) is 5.25. The van der Waals surface area contributed by atoms with Crippen LogP contribution in [0.5, 0.6) is 0 Å². The lowest BCUT2D eigenvalue weighted by atomic mass is 10.2. The molecule has 0 aliphatic rings. The second-order valence-electron chi connectivity index (χ2n) is 3.12. The smallest absolute Gasteiger partial charge is 0.00892 e. The van der Waals surface area contributed by atoms with E-state index in [1.807, 2.05) is 0 Å². The van der Waals surface area contributed by atoms with Crippen LogP contribution >= 0.6 is 0 Å². The van der Waals surface area contributed by atoms with Crippen molar-refractivity contribution in [1.82, 2.24) is 0 Å². The monoisotopic (exact) mass is 186 g/mol. The van der Waals surface area contributed by atoms with Crippen LogP contribution < -0.4 is 0 Å². The van der Waals surface area contributed by atoms with Gasteiger partial charge >= 0.3 is 0 Å². The standard InChI is InChI=1S/C14H18/c1-3-5-7-9-11-13-14-12-10-8-6-4-2/h1-2,11,14H,5-10,12H2. The molecule has 0 nitrogen and oxygen atoms in total. The van der Waals surface area contributed by atoms with Crippen LogP contribution in [0.15, 0.2) is 17.9 Å². The first-order valence-corrected chi connectivity index (χ1v) is 5.18. The molecule has 0 aliphatic heterocycles. The third kappa shape index (κ3) is 10.6. The van der Waals surface area contributed by atoms with Gasteiger partial charge in [-0.25, -0.2) is 0 Å². The Morgan fingerprint density at radius 2 is 1.36 bits per heavy atom. The minimum Gasteiger partial charge on any atom is -0.130 e. The van der Waals surface area contributed by atoms with Crippen molar-refractivity contribution in [2.75, 3.05) is 0 Å². The lowest BCUT2D eigenvalue weighted by Crippen LogP contribution is -1.71. The van der Waals surface area contributed by atoms with Crippen LogP contribution in [0.1, 0.15) is 44.9 Å². The van der Waals surface area contributed by atoms with Crippen molar-refractivity contribution < 1.29 is 0 Å². The van der Waals surface area contributed by atoms with Crippen molar-refractivity contribution in [2.24, 2.45) is 0 Å². The Morgan fingerprint density at radius 1 is 0.786 bits per heavy atom. The molecule has 0 heteroatoms. The van der Waals surface area contributed by atoms with Gasteiger partial charge in [0.15, 0.2) is 0 Å². The average molecular weight is 186 g/mol. The Morgan fingerprint density at radius 3 is 2.00 bits per heavy atom. The summed E-state index contributed by atoms with van der Waals surface area (Å²) in [6.45, 7) is 0. The van der Waals surface area contributed by atoms with E-state index in [9.17, 15) is 0 Å². The van der Waals surface area contributed by atoms with Crippen LogP contribution in [-0.2, 0) is 0 Å². The van der Waals surface area contributed by atoms with Gasteiger partial charge in [0, 0.05) is 12.8 Å². The third-order valence-corrected chi connectivity index (χ3v) is 1.82. The van der Waals surface area contributed by atoms with Crippen molar-refractivity contribution in [1.29, 1.82) is 0 Å². The minimum atomic E-state index is 0.861. The number of terminal acetylenes is 2. The van der Waals surface area contributed by atoms with Crippen LogP contribution in [-0.4, -0.2) is 0 Å². The number of rotatable bonds is 7. The van der Waals surface area contributed by atoms with E-state index in [0.717, 1.165) is 44.9 Å². The predicted octanol–water partition coefficient (Wildman–Crippen LogP) is 3.69. The lowest BCUT2D eigenvalue weighted by molar-refractivity contribution is 0.772. The molecule has 0 aliphatic carbocycles. The van der Waals surface area contributed by atoms with Gasteiger partial charge in [-0.1, -0.05) is 0 Å². The quantitative estimate of drug-likeness (QED) is 0.323. The van der Waals surface area contributed by atoms with E-state index in [1.165, 1.54) is 0 Å². The molecule has 0 N–H and O–H groups in total. The lowest BCUT2D eigenvalue weighted by Gasteiger charge is -1.88. The van der Waals surface area contributed by atoms with Crippen molar-refractivity contribution in [3.8, 4) is 24.7 Å². The van der Waals surface area contributed by atoms with Gasteiger partial charge in [-0.15, -0.1) is 30.4 Å². The third-order valence-electron chi connectivity index (χ3n) is 1.82. The summed E-state index contributed by atoms with van der Waals surface area (Å²) in [4.78, 5) is 0. The Kier molecular flexibility index (Phi) is 10.5. The molecule has 74 valence electrons. The van der Waals surface area contributed by atoms with Gasteiger partial charge in [0.1, 0.15) is 0 Å². The van der Waals surface area contributed by atoms with Gasteiger partial charge < -0.3 is 0 Å². The molecule has 0 saturated heterocycles. The Bertz CT molecular complexity index is 251. The zero-order valence-corrected chi connectivity index (χ0v) is 8.76. The molecule has 0 atom stereocenters. The fraction of sp³-hybridized carbons (Fsp3) is 0.500. The van der Waals surface area contributed by atoms with E-state index in [4.69, 9.17) is 12.8 Å². The van der Waals surface area contributed by atoms with Gasteiger partial charge in [0.2, 0.25) is 0 Å². The molecule has 0 unspecified atom stereocenters. The highest BCUT2D eigenvalue weighted by Crippen LogP contribution is 1.99. The van der Waals surface area contributed by atoms with Gasteiger partial charge in [-0.05, 0) is 44.3 Å². The fourth-order valence-corrected chi connectivity index (χ4v) is 1.03. The number of allylic oxidation sites excluding steroid dienone is 1. The van der Waals surface area contributed by atoms with E-state index in [1.54, 1.807) is 0 Å². The largest absolute Gasteiger partial charge is 0.130 e. The zero-order valence-electron chi connectivity index (χ0n) is 8.76. The van der Waals surface area contributed by atoms with Gasteiger partial charge in [-0.3, -0.25) is 0 Å². The summed E-state index contributed by atoms with van der Waals surface area (Å²) in [6.07, 6.45) is 21.6. The van der Waals surface area contributed by atoms with Crippen LogP contribution in [0.4, 0.5) is 0 Å². The maximum Gasteiger partial charge on any atom is 0.00892 e. The summed E-state index contributed by atoms with van der Waals surface area (Å²) >= 11 is 0. The normalized spacial score (nSPS) is 8.14. The van der Waals surface area contributed by atoms with Crippen molar-refractivity contribution in [2.45, 2.75) is 44.9 Å². The summed E-state index contributed by atoms with van der Waals surface area (Å²) in [6, 6.07) is 0. The summed E-state index contributed by atoms with van der Waals surface area (Å²) in [5, 5.41) is 0. The first kappa shape index (κ1) is 12.6. The number of hydrogen-bond donors (Lipinski definition) is 0. The summed E-state index contributed by atoms with van der Waals surface area (Å²) in [5.41, 5.74) is 3.15. The molecule has 0 rings (SSSR count). The van der Waals surface area contributed by atoms with Gasteiger partial charge in [0.05, 0.1) is 0 Å². The SMILES string of the molecule is C#CCCCC=C=CCCCCC#C. The number of unbranched alkanes of at least 4 members (excludes halogenated alkanes) is 5.